The Morgan fingerprint density at radius 3 is 2.71 bits per heavy atom. The Bertz CT molecular complexity index is 367. The maximum atomic E-state index is 4.77. The third kappa shape index (κ3) is 2.41. The average molecular weight is 232 g/mol. The second-order valence-corrected chi connectivity index (χ2v) is 4.99. The van der Waals surface area contributed by atoms with Crippen molar-refractivity contribution in [3.05, 3.63) is 18.1 Å². The van der Waals surface area contributed by atoms with Gasteiger partial charge in [-0.05, 0) is 44.8 Å². The molecule has 2 fully saturated rings. The average Bonchev–Trinajstić information content (AvgIpc) is 2.94. The molecule has 2 saturated heterocycles. The maximum Gasteiger partial charge on any atom is 0.133 e. The Morgan fingerprint density at radius 1 is 1.18 bits per heavy atom. The number of aromatic nitrogens is 2. The molecular weight excluding hydrogens is 212 g/mol. The van der Waals surface area contributed by atoms with Gasteiger partial charge in [0.2, 0.25) is 0 Å². The number of anilines is 1. The summed E-state index contributed by atoms with van der Waals surface area (Å²) >= 11 is 0. The van der Waals surface area contributed by atoms with Gasteiger partial charge in [-0.2, -0.15) is 0 Å². The van der Waals surface area contributed by atoms with Gasteiger partial charge < -0.3 is 10.2 Å². The molecule has 0 radical (unpaired) electrons. The molecule has 92 valence electrons. The van der Waals surface area contributed by atoms with Crippen molar-refractivity contribution < 1.29 is 0 Å². The van der Waals surface area contributed by atoms with Gasteiger partial charge in [0.05, 0.1) is 0 Å². The lowest BCUT2D eigenvalue weighted by atomic mass is 9.97. The minimum absolute atomic E-state index is 0.554. The lowest BCUT2D eigenvalue weighted by molar-refractivity contribution is 0.445. The van der Waals surface area contributed by atoms with Crippen LogP contribution in [0.2, 0.25) is 0 Å². The molecule has 0 unspecified atom stereocenters. The fraction of sp³-hybridized carbons (Fsp3) is 0.692. The van der Waals surface area contributed by atoms with Gasteiger partial charge in [-0.3, -0.25) is 0 Å². The van der Waals surface area contributed by atoms with Crippen LogP contribution in [0.3, 0.4) is 0 Å². The molecule has 0 aliphatic carbocycles. The Hall–Kier alpha value is -1.16. The van der Waals surface area contributed by atoms with E-state index in [0.29, 0.717) is 5.92 Å². The van der Waals surface area contributed by atoms with E-state index in [1.54, 1.807) is 0 Å². The third-order valence-corrected chi connectivity index (χ3v) is 3.79. The van der Waals surface area contributed by atoms with E-state index in [9.17, 15) is 0 Å². The number of rotatable bonds is 2. The van der Waals surface area contributed by atoms with E-state index in [1.165, 1.54) is 25.7 Å². The molecule has 17 heavy (non-hydrogen) atoms. The molecular formula is C13H20N4. The highest BCUT2D eigenvalue weighted by Gasteiger charge is 2.20. The van der Waals surface area contributed by atoms with Gasteiger partial charge in [0, 0.05) is 25.2 Å². The van der Waals surface area contributed by atoms with Crippen LogP contribution in [0.4, 0.5) is 5.82 Å². The zero-order valence-electron chi connectivity index (χ0n) is 10.2. The minimum atomic E-state index is 0.554. The molecule has 0 saturated carbocycles. The fourth-order valence-corrected chi connectivity index (χ4v) is 2.76. The molecule has 0 spiro atoms. The molecule has 3 rings (SSSR count). The number of nitrogens with zero attached hydrogens (tertiary/aromatic N) is 3. The van der Waals surface area contributed by atoms with Crippen LogP contribution >= 0.6 is 0 Å². The van der Waals surface area contributed by atoms with Gasteiger partial charge in [-0.1, -0.05) is 0 Å². The van der Waals surface area contributed by atoms with Gasteiger partial charge in [-0.15, -0.1) is 0 Å². The smallest absolute Gasteiger partial charge is 0.133 e. The van der Waals surface area contributed by atoms with Gasteiger partial charge >= 0.3 is 0 Å². The molecule has 3 heterocycles. The van der Waals surface area contributed by atoms with Crippen molar-refractivity contribution in [2.45, 2.75) is 31.6 Å². The molecule has 4 heteroatoms. The van der Waals surface area contributed by atoms with Crippen LogP contribution in [0.15, 0.2) is 12.3 Å². The van der Waals surface area contributed by atoms with E-state index < -0.39 is 0 Å². The third-order valence-electron chi connectivity index (χ3n) is 3.79. The van der Waals surface area contributed by atoms with Crippen molar-refractivity contribution in [3.8, 4) is 0 Å². The fourth-order valence-electron chi connectivity index (χ4n) is 2.76. The molecule has 2 aliphatic heterocycles. The largest absolute Gasteiger partial charge is 0.357 e. The van der Waals surface area contributed by atoms with E-state index in [-0.39, 0.29) is 0 Å². The number of nitrogens with one attached hydrogen (secondary N) is 1. The van der Waals surface area contributed by atoms with Crippen LogP contribution in [-0.2, 0) is 0 Å². The van der Waals surface area contributed by atoms with Crippen molar-refractivity contribution in [1.29, 1.82) is 0 Å². The molecule has 1 N–H and O–H groups in total. The summed E-state index contributed by atoms with van der Waals surface area (Å²) in [6.07, 6.45) is 6.87. The molecule has 0 amide bonds. The monoisotopic (exact) mass is 232 g/mol. The Labute approximate surface area is 102 Å². The van der Waals surface area contributed by atoms with Crippen LogP contribution in [0.25, 0.3) is 0 Å². The van der Waals surface area contributed by atoms with Crippen molar-refractivity contribution in [1.82, 2.24) is 15.3 Å². The lowest BCUT2D eigenvalue weighted by Gasteiger charge is -2.23. The summed E-state index contributed by atoms with van der Waals surface area (Å²) < 4.78 is 0. The molecule has 1 aromatic rings. The van der Waals surface area contributed by atoms with Crippen LogP contribution < -0.4 is 10.2 Å². The van der Waals surface area contributed by atoms with Gasteiger partial charge in [-0.25, -0.2) is 9.97 Å². The SMILES string of the molecule is c1cc(N2CCCC2)nc(C2CCNCC2)n1. The van der Waals surface area contributed by atoms with Crippen LogP contribution in [0, 0.1) is 0 Å². The van der Waals surface area contributed by atoms with Crippen LogP contribution in [0.1, 0.15) is 37.4 Å². The summed E-state index contributed by atoms with van der Waals surface area (Å²) in [4.78, 5) is 11.6. The van der Waals surface area contributed by atoms with Crippen molar-refractivity contribution in [2.75, 3.05) is 31.1 Å². The van der Waals surface area contributed by atoms with Gasteiger partial charge in [0.15, 0.2) is 0 Å². The first-order valence-electron chi connectivity index (χ1n) is 6.72. The van der Waals surface area contributed by atoms with Crippen LogP contribution in [0.5, 0.6) is 0 Å². The zero-order valence-corrected chi connectivity index (χ0v) is 10.2. The molecule has 0 bridgehead atoms. The van der Waals surface area contributed by atoms with E-state index in [4.69, 9.17) is 4.98 Å². The number of hydrogen-bond donors (Lipinski definition) is 1. The van der Waals surface area contributed by atoms with Crippen molar-refractivity contribution in [2.24, 2.45) is 0 Å². The normalized spacial score (nSPS) is 22.0. The van der Waals surface area contributed by atoms with E-state index in [2.05, 4.69) is 21.3 Å². The summed E-state index contributed by atoms with van der Waals surface area (Å²) in [6, 6.07) is 2.05. The standard InChI is InChI=1S/C13H20N4/c1-2-10-17(9-1)12-5-8-15-13(16-12)11-3-6-14-7-4-11/h5,8,11,14H,1-4,6-7,9-10H2. The minimum Gasteiger partial charge on any atom is -0.357 e. The summed E-state index contributed by atoms with van der Waals surface area (Å²) in [5, 5.41) is 3.39. The van der Waals surface area contributed by atoms with Crippen LogP contribution in [-0.4, -0.2) is 36.1 Å². The first-order valence-corrected chi connectivity index (χ1v) is 6.72. The van der Waals surface area contributed by atoms with Crippen molar-refractivity contribution in [3.63, 3.8) is 0 Å². The summed E-state index contributed by atoms with van der Waals surface area (Å²) in [7, 11) is 0. The second-order valence-electron chi connectivity index (χ2n) is 4.99. The van der Waals surface area contributed by atoms with Crippen molar-refractivity contribution >= 4 is 5.82 Å². The summed E-state index contributed by atoms with van der Waals surface area (Å²) in [5.74, 6) is 2.74. The Morgan fingerprint density at radius 2 is 1.94 bits per heavy atom. The zero-order chi connectivity index (χ0) is 11.5. The van der Waals surface area contributed by atoms with Gasteiger partial charge in [0.25, 0.3) is 0 Å². The predicted octanol–water partition coefficient (Wildman–Crippen LogP) is 1.54. The van der Waals surface area contributed by atoms with Gasteiger partial charge in [0.1, 0.15) is 11.6 Å². The Kier molecular flexibility index (Phi) is 3.22. The molecule has 2 aliphatic rings. The van der Waals surface area contributed by atoms with E-state index >= 15 is 0 Å². The Balaban J connectivity index is 1.77. The topological polar surface area (TPSA) is 41.1 Å². The maximum absolute atomic E-state index is 4.77. The molecule has 0 aromatic carbocycles. The highest BCUT2D eigenvalue weighted by molar-refractivity contribution is 5.38. The number of hydrogen-bond acceptors (Lipinski definition) is 4. The predicted molar refractivity (Wildman–Crippen MR) is 68.3 cm³/mol. The first-order chi connectivity index (χ1) is 8.43. The van der Waals surface area contributed by atoms with E-state index in [0.717, 1.165) is 37.8 Å². The van der Waals surface area contributed by atoms with E-state index in [1.807, 2.05) is 6.20 Å². The molecule has 0 atom stereocenters. The lowest BCUT2D eigenvalue weighted by Crippen LogP contribution is -2.28. The number of piperidine rings is 1. The second kappa shape index (κ2) is 5.00. The summed E-state index contributed by atoms with van der Waals surface area (Å²) in [5.41, 5.74) is 0. The highest BCUT2D eigenvalue weighted by atomic mass is 15.2. The highest BCUT2D eigenvalue weighted by Crippen LogP contribution is 2.24. The summed E-state index contributed by atoms with van der Waals surface area (Å²) in [6.45, 7) is 4.51. The molecule has 1 aromatic heterocycles. The quantitative estimate of drug-likeness (QED) is 0.840. The molecule has 4 nitrogen and oxygen atoms in total. The first kappa shape index (κ1) is 11.0.